The summed E-state index contributed by atoms with van der Waals surface area (Å²) >= 11 is 0. The fourth-order valence-corrected chi connectivity index (χ4v) is 2.26. The maximum atomic E-state index is 12.0. The number of hydrogen-bond donors (Lipinski definition) is 3. The van der Waals surface area contributed by atoms with Crippen LogP contribution >= 0.6 is 0 Å². The number of hydrogen-bond acceptors (Lipinski definition) is 3. The van der Waals surface area contributed by atoms with Crippen molar-refractivity contribution >= 4 is 11.8 Å². The van der Waals surface area contributed by atoms with E-state index in [0.29, 0.717) is 11.5 Å². The van der Waals surface area contributed by atoms with Crippen molar-refractivity contribution in [3.8, 4) is 0 Å². The summed E-state index contributed by atoms with van der Waals surface area (Å²) in [4.78, 5) is 23.9. The summed E-state index contributed by atoms with van der Waals surface area (Å²) in [5.41, 5.74) is 0.572. The van der Waals surface area contributed by atoms with Gasteiger partial charge >= 0.3 is 0 Å². The van der Waals surface area contributed by atoms with Crippen molar-refractivity contribution in [3.05, 3.63) is 35.9 Å². The largest absolute Gasteiger partial charge is 0.394 e. The van der Waals surface area contributed by atoms with Crippen LogP contribution in [0.5, 0.6) is 0 Å². The average molecular weight is 306 g/mol. The summed E-state index contributed by atoms with van der Waals surface area (Å²) in [7, 11) is 0. The lowest BCUT2D eigenvalue weighted by Crippen LogP contribution is -2.42. The predicted molar refractivity (Wildman–Crippen MR) is 86.5 cm³/mol. The maximum absolute atomic E-state index is 12.0. The van der Waals surface area contributed by atoms with E-state index in [1.807, 2.05) is 19.9 Å². The Labute approximate surface area is 132 Å². The van der Waals surface area contributed by atoms with Crippen molar-refractivity contribution in [3.63, 3.8) is 0 Å². The minimum Gasteiger partial charge on any atom is -0.394 e. The molecule has 0 radical (unpaired) electrons. The van der Waals surface area contributed by atoms with Crippen LogP contribution in [0, 0.1) is 5.92 Å². The van der Waals surface area contributed by atoms with E-state index < -0.39 is 0 Å². The van der Waals surface area contributed by atoms with Crippen LogP contribution in [0.4, 0.5) is 0 Å². The number of aliphatic hydroxyl groups excluding tert-OH is 1. The quantitative estimate of drug-likeness (QED) is 0.684. The van der Waals surface area contributed by atoms with Crippen molar-refractivity contribution in [2.45, 2.75) is 45.7 Å². The van der Waals surface area contributed by atoms with Gasteiger partial charge in [-0.25, -0.2) is 0 Å². The van der Waals surface area contributed by atoms with Crippen LogP contribution < -0.4 is 10.6 Å². The number of rotatable bonds is 8. The van der Waals surface area contributed by atoms with E-state index in [-0.39, 0.29) is 36.9 Å². The molecule has 3 N–H and O–H groups in total. The SMILES string of the molecule is CC(C)CC(CO)NC(=O)CC(C)NC(=O)c1ccccc1. The predicted octanol–water partition coefficient (Wildman–Crippen LogP) is 1.72. The van der Waals surface area contributed by atoms with Crippen LogP contribution in [0.2, 0.25) is 0 Å². The second-order valence-electron chi connectivity index (χ2n) is 6.02. The molecule has 5 heteroatoms. The molecule has 2 unspecified atom stereocenters. The first-order valence-electron chi connectivity index (χ1n) is 7.68. The van der Waals surface area contributed by atoms with E-state index in [2.05, 4.69) is 10.6 Å². The number of amides is 2. The van der Waals surface area contributed by atoms with Crippen LogP contribution in [-0.2, 0) is 4.79 Å². The molecule has 0 bridgehead atoms. The summed E-state index contributed by atoms with van der Waals surface area (Å²) in [5, 5.41) is 14.9. The molecule has 0 heterocycles. The van der Waals surface area contributed by atoms with E-state index in [1.165, 1.54) is 0 Å². The Kier molecular flexibility index (Phi) is 7.60. The van der Waals surface area contributed by atoms with Crippen molar-refractivity contribution in [2.75, 3.05) is 6.61 Å². The highest BCUT2D eigenvalue weighted by Gasteiger charge is 2.16. The molecular formula is C17H26N2O3. The van der Waals surface area contributed by atoms with E-state index >= 15 is 0 Å². The Hall–Kier alpha value is -1.88. The van der Waals surface area contributed by atoms with Crippen molar-refractivity contribution in [2.24, 2.45) is 5.92 Å². The fourth-order valence-electron chi connectivity index (χ4n) is 2.26. The Bertz CT molecular complexity index is 474. The highest BCUT2D eigenvalue weighted by Crippen LogP contribution is 2.05. The molecule has 0 aromatic heterocycles. The fraction of sp³-hybridized carbons (Fsp3) is 0.529. The van der Waals surface area contributed by atoms with E-state index in [0.717, 1.165) is 6.42 Å². The number of aliphatic hydroxyl groups is 1. The average Bonchev–Trinajstić information content (AvgIpc) is 2.46. The molecule has 0 aliphatic rings. The van der Waals surface area contributed by atoms with E-state index in [9.17, 15) is 14.7 Å². The third-order valence-corrected chi connectivity index (χ3v) is 3.25. The van der Waals surface area contributed by atoms with Gasteiger partial charge in [0.1, 0.15) is 0 Å². The summed E-state index contributed by atoms with van der Waals surface area (Å²) < 4.78 is 0. The standard InChI is InChI=1S/C17H26N2O3/c1-12(2)9-15(11-20)19-16(21)10-13(3)18-17(22)14-7-5-4-6-8-14/h4-8,12-13,15,20H,9-11H2,1-3H3,(H,18,22)(H,19,21). The maximum Gasteiger partial charge on any atom is 0.251 e. The molecule has 0 spiro atoms. The second-order valence-corrected chi connectivity index (χ2v) is 6.02. The summed E-state index contributed by atoms with van der Waals surface area (Å²) in [6.45, 7) is 5.79. The zero-order valence-corrected chi connectivity index (χ0v) is 13.5. The Morgan fingerprint density at radius 3 is 2.27 bits per heavy atom. The van der Waals surface area contributed by atoms with Gasteiger partial charge in [-0.2, -0.15) is 0 Å². The van der Waals surface area contributed by atoms with Gasteiger partial charge in [0.25, 0.3) is 5.91 Å². The minimum atomic E-state index is -0.272. The van der Waals surface area contributed by atoms with Gasteiger partial charge in [-0.1, -0.05) is 32.0 Å². The van der Waals surface area contributed by atoms with Gasteiger partial charge in [-0.3, -0.25) is 9.59 Å². The van der Waals surface area contributed by atoms with Crippen LogP contribution in [0.25, 0.3) is 0 Å². The lowest BCUT2D eigenvalue weighted by molar-refractivity contribution is -0.122. The van der Waals surface area contributed by atoms with Crippen molar-refractivity contribution in [1.29, 1.82) is 0 Å². The number of nitrogens with one attached hydrogen (secondary N) is 2. The van der Waals surface area contributed by atoms with Gasteiger partial charge in [0, 0.05) is 18.0 Å². The topological polar surface area (TPSA) is 78.4 Å². The van der Waals surface area contributed by atoms with Gasteiger partial charge in [0.2, 0.25) is 5.91 Å². The Morgan fingerprint density at radius 2 is 1.73 bits per heavy atom. The number of carbonyl (C=O) groups excluding carboxylic acids is 2. The molecule has 0 saturated carbocycles. The zero-order chi connectivity index (χ0) is 16.5. The third kappa shape index (κ3) is 6.72. The van der Waals surface area contributed by atoms with Crippen LogP contribution in [0.1, 0.15) is 44.0 Å². The molecule has 0 fully saturated rings. The lowest BCUT2D eigenvalue weighted by atomic mass is 10.0. The normalized spacial score (nSPS) is 13.5. The van der Waals surface area contributed by atoms with Gasteiger partial charge in [-0.15, -0.1) is 0 Å². The van der Waals surface area contributed by atoms with E-state index in [4.69, 9.17) is 0 Å². The highest BCUT2D eigenvalue weighted by molar-refractivity contribution is 5.94. The highest BCUT2D eigenvalue weighted by atomic mass is 16.3. The summed E-state index contributed by atoms with van der Waals surface area (Å²) in [6, 6.07) is 8.39. The third-order valence-electron chi connectivity index (χ3n) is 3.25. The van der Waals surface area contributed by atoms with Crippen LogP contribution in [0.3, 0.4) is 0 Å². The molecule has 1 aromatic carbocycles. The summed E-state index contributed by atoms with van der Waals surface area (Å²) in [5.74, 6) is 0.0370. The van der Waals surface area contributed by atoms with Crippen LogP contribution in [-0.4, -0.2) is 35.6 Å². The first-order chi connectivity index (χ1) is 10.4. The van der Waals surface area contributed by atoms with Gasteiger partial charge in [0.15, 0.2) is 0 Å². The molecule has 0 aliphatic heterocycles. The van der Waals surface area contributed by atoms with Crippen molar-refractivity contribution in [1.82, 2.24) is 10.6 Å². The molecule has 0 aliphatic carbocycles. The minimum absolute atomic E-state index is 0.0747. The second kappa shape index (κ2) is 9.20. The molecule has 0 saturated heterocycles. The molecule has 2 amide bonds. The molecule has 1 aromatic rings. The van der Waals surface area contributed by atoms with Gasteiger partial charge in [0.05, 0.1) is 12.6 Å². The first kappa shape index (κ1) is 18.2. The Balaban J connectivity index is 2.42. The first-order valence-corrected chi connectivity index (χ1v) is 7.68. The summed E-state index contributed by atoms with van der Waals surface area (Å²) in [6.07, 6.45) is 0.917. The van der Waals surface area contributed by atoms with Gasteiger partial charge in [-0.05, 0) is 31.4 Å². The molecule has 1 rings (SSSR count). The van der Waals surface area contributed by atoms with Gasteiger partial charge < -0.3 is 15.7 Å². The monoisotopic (exact) mass is 306 g/mol. The smallest absolute Gasteiger partial charge is 0.251 e. The molecule has 5 nitrogen and oxygen atoms in total. The zero-order valence-electron chi connectivity index (χ0n) is 13.5. The number of carbonyl (C=O) groups is 2. The van der Waals surface area contributed by atoms with E-state index in [1.54, 1.807) is 31.2 Å². The molecule has 2 atom stereocenters. The molecule has 22 heavy (non-hydrogen) atoms. The number of benzene rings is 1. The Morgan fingerprint density at radius 1 is 1.09 bits per heavy atom. The molecule has 122 valence electrons. The van der Waals surface area contributed by atoms with Crippen LogP contribution in [0.15, 0.2) is 30.3 Å². The lowest BCUT2D eigenvalue weighted by Gasteiger charge is -2.20. The van der Waals surface area contributed by atoms with Crippen molar-refractivity contribution < 1.29 is 14.7 Å². The molecular weight excluding hydrogens is 280 g/mol.